The van der Waals surface area contributed by atoms with Crippen molar-refractivity contribution in [1.82, 2.24) is 4.98 Å². The zero-order valence-electron chi connectivity index (χ0n) is 16.4. The molecule has 0 spiro atoms. The van der Waals surface area contributed by atoms with Gasteiger partial charge in [0.05, 0.1) is 12.5 Å². The van der Waals surface area contributed by atoms with Crippen molar-refractivity contribution in [3.63, 3.8) is 0 Å². The van der Waals surface area contributed by atoms with Gasteiger partial charge < -0.3 is 20.5 Å². The number of hydrogen-bond acceptors (Lipinski definition) is 5. The van der Waals surface area contributed by atoms with Gasteiger partial charge in [-0.3, -0.25) is 9.78 Å². The molecule has 1 heterocycles. The van der Waals surface area contributed by atoms with Gasteiger partial charge in [-0.2, -0.15) is 0 Å². The van der Waals surface area contributed by atoms with Crippen LogP contribution in [0, 0.1) is 5.41 Å². The Labute approximate surface area is 179 Å². The van der Waals surface area contributed by atoms with E-state index in [1.165, 1.54) is 0 Å². The molecule has 0 fully saturated rings. The van der Waals surface area contributed by atoms with Gasteiger partial charge in [0, 0.05) is 36.3 Å². The number of pyridine rings is 1. The highest BCUT2D eigenvalue weighted by atomic mass is 35.5. The highest BCUT2D eigenvalue weighted by Gasteiger charge is 2.33. The number of benzene rings is 1. The number of nitrogens with two attached hydrogens (primary N) is 1. The maximum atomic E-state index is 12.7. The summed E-state index contributed by atoms with van der Waals surface area (Å²) in [5.74, 6) is 1.08. The second-order valence-corrected chi connectivity index (χ2v) is 6.16. The number of rotatable bonds is 9. The number of ether oxygens (including phenoxy) is 2. The molecule has 0 radical (unpaired) electrons. The Kier molecular flexibility index (Phi) is 11.5. The molecule has 0 aliphatic carbocycles. The zero-order valence-corrected chi connectivity index (χ0v) is 18.1. The summed E-state index contributed by atoms with van der Waals surface area (Å²) < 4.78 is 11.2. The molecule has 28 heavy (non-hydrogen) atoms. The molecule has 156 valence electrons. The van der Waals surface area contributed by atoms with E-state index in [0.717, 1.165) is 5.56 Å². The van der Waals surface area contributed by atoms with Crippen molar-refractivity contribution in [2.24, 2.45) is 11.1 Å². The van der Waals surface area contributed by atoms with Crippen molar-refractivity contribution in [2.45, 2.75) is 33.3 Å². The van der Waals surface area contributed by atoms with E-state index < -0.39 is 5.41 Å². The van der Waals surface area contributed by atoms with Gasteiger partial charge >= 0.3 is 0 Å². The molecule has 0 saturated heterocycles. The number of nitrogens with zero attached hydrogens (tertiary/aromatic N) is 1. The van der Waals surface area contributed by atoms with Gasteiger partial charge in [0.25, 0.3) is 0 Å². The second kappa shape index (κ2) is 12.4. The Morgan fingerprint density at radius 1 is 1.18 bits per heavy atom. The highest BCUT2D eigenvalue weighted by Crippen LogP contribution is 2.32. The number of anilines is 1. The lowest BCUT2D eigenvalue weighted by Gasteiger charge is -2.28. The van der Waals surface area contributed by atoms with Crippen molar-refractivity contribution in [1.29, 1.82) is 0 Å². The van der Waals surface area contributed by atoms with Crippen LogP contribution in [0.2, 0.25) is 0 Å². The number of aromatic nitrogens is 1. The molecule has 2 aromatic rings. The zero-order chi connectivity index (χ0) is 19.0. The largest absolute Gasteiger partial charge is 0.493 e. The highest BCUT2D eigenvalue weighted by molar-refractivity contribution is 5.95. The van der Waals surface area contributed by atoms with Gasteiger partial charge in [0.2, 0.25) is 5.91 Å². The summed E-state index contributed by atoms with van der Waals surface area (Å²) in [6, 6.07) is 9.12. The van der Waals surface area contributed by atoms with Crippen LogP contribution >= 0.6 is 24.8 Å². The molecule has 0 atom stereocenters. The number of amides is 1. The Bertz CT molecular complexity index is 718. The van der Waals surface area contributed by atoms with Crippen LogP contribution in [-0.4, -0.2) is 24.5 Å². The minimum absolute atomic E-state index is 0. The van der Waals surface area contributed by atoms with E-state index >= 15 is 0 Å². The summed E-state index contributed by atoms with van der Waals surface area (Å²) in [6.07, 6.45) is 4.83. The molecule has 2 rings (SSSR count). The van der Waals surface area contributed by atoms with Crippen molar-refractivity contribution >= 4 is 36.4 Å². The summed E-state index contributed by atoms with van der Waals surface area (Å²) >= 11 is 0. The fraction of sp³-hybridized carbons (Fsp3) is 0.400. The average molecular weight is 430 g/mol. The lowest BCUT2D eigenvalue weighted by molar-refractivity contribution is -0.125. The summed E-state index contributed by atoms with van der Waals surface area (Å²) in [6.45, 7) is 4.63. The second-order valence-electron chi connectivity index (χ2n) is 6.16. The van der Waals surface area contributed by atoms with Crippen LogP contribution in [0.4, 0.5) is 5.69 Å². The SMILES string of the molecule is CCC(CC)(CN)C(=O)Nc1ccc(OC)c(OCc2cccnc2)c1.Cl.Cl. The molecule has 0 aliphatic heterocycles. The van der Waals surface area contributed by atoms with Crippen LogP contribution in [0.15, 0.2) is 42.7 Å². The van der Waals surface area contributed by atoms with E-state index in [-0.39, 0.29) is 30.7 Å². The van der Waals surface area contributed by atoms with Crippen molar-refractivity contribution in [3.05, 3.63) is 48.3 Å². The third-order valence-corrected chi connectivity index (χ3v) is 4.76. The van der Waals surface area contributed by atoms with Crippen LogP contribution < -0.4 is 20.5 Å². The number of carbonyl (C=O) groups excluding carboxylic acids is 1. The normalized spacial score (nSPS) is 10.3. The Morgan fingerprint density at radius 2 is 1.89 bits per heavy atom. The average Bonchev–Trinajstić information content (AvgIpc) is 2.69. The molecule has 1 aromatic heterocycles. The molecule has 1 aromatic carbocycles. The summed E-state index contributed by atoms with van der Waals surface area (Å²) in [7, 11) is 1.58. The smallest absolute Gasteiger partial charge is 0.231 e. The fourth-order valence-corrected chi connectivity index (χ4v) is 2.73. The number of carbonyl (C=O) groups is 1. The van der Waals surface area contributed by atoms with Crippen LogP contribution in [0.1, 0.15) is 32.3 Å². The lowest BCUT2D eigenvalue weighted by Crippen LogP contribution is -2.41. The molecule has 0 bridgehead atoms. The predicted octanol–water partition coefficient (Wildman–Crippen LogP) is 4.22. The van der Waals surface area contributed by atoms with Crippen LogP contribution in [0.3, 0.4) is 0 Å². The van der Waals surface area contributed by atoms with E-state index in [1.807, 2.05) is 26.0 Å². The third kappa shape index (κ3) is 6.26. The first-order valence-corrected chi connectivity index (χ1v) is 8.79. The summed E-state index contributed by atoms with van der Waals surface area (Å²) in [4.78, 5) is 16.8. The Hall–Kier alpha value is -2.02. The maximum absolute atomic E-state index is 12.7. The number of halogens is 2. The fourth-order valence-electron chi connectivity index (χ4n) is 2.73. The molecule has 0 saturated carbocycles. The lowest BCUT2D eigenvalue weighted by atomic mass is 9.81. The van der Waals surface area contributed by atoms with Gasteiger partial charge in [0.1, 0.15) is 6.61 Å². The topological polar surface area (TPSA) is 86.5 Å². The molecule has 0 aliphatic rings. The van der Waals surface area contributed by atoms with Gasteiger partial charge in [-0.25, -0.2) is 0 Å². The van der Waals surface area contributed by atoms with Gasteiger partial charge in [-0.1, -0.05) is 19.9 Å². The van der Waals surface area contributed by atoms with Crippen LogP contribution in [0.25, 0.3) is 0 Å². The predicted molar refractivity (Wildman–Crippen MR) is 117 cm³/mol. The van der Waals surface area contributed by atoms with E-state index in [2.05, 4.69) is 10.3 Å². The van der Waals surface area contributed by atoms with E-state index in [0.29, 0.717) is 43.2 Å². The van der Waals surface area contributed by atoms with Crippen molar-refractivity contribution in [3.8, 4) is 11.5 Å². The van der Waals surface area contributed by atoms with Crippen molar-refractivity contribution in [2.75, 3.05) is 19.0 Å². The first kappa shape index (κ1) is 26.0. The molecular formula is C20H29Cl2N3O3. The minimum atomic E-state index is -0.559. The van der Waals surface area contributed by atoms with Gasteiger partial charge in [-0.05, 0) is 31.0 Å². The quantitative estimate of drug-likeness (QED) is 0.622. The summed E-state index contributed by atoms with van der Waals surface area (Å²) in [5.41, 5.74) is 6.90. The van der Waals surface area contributed by atoms with Crippen LogP contribution in [0.5, 0.6) is 11.5 Å². The molecule has 1 amide bonds. The monoisotopic (exact) mass is 429 g/mol. The number of hydrogen-bond donors (Lipinski definition) is 2. The molecule has 6 nitrogen and oxygen atoms in total. The first-order chi connectivity index (χ1) is 12.6. The third-order valence-electron chi connectivity index (χ3n) is 4.76. The standard InChI is InChI=1S/C20H27N3O3.2ClH/c1-4-20(5-2,14-21)19(24)23-16-8-9-17(25-3)18(11-16)26-13-15-7-6-10-22-12-15;;/h6-12H,4-5,13-14,21H2,1-3H3,(H,23,24);2*1H. The number of nitrogens with one attached hydrogen (secondary N) is 1. The van der Waals surface area contributed by atoms with E-state index in [1.54, 1.807) is 37.7 Å². The van der Waals surface area contributed by atoms with E-state index in [4.69, 9.17) is 15.2 Å². The van der Waals surface area contributed by atoms with Gasteiger partial charge in [0.15, 0.2) is 11.5 Å². The first-order valence-electron chi connectivity index (χ1n) is 8.79. The molecular weight excluding hydrogens is 401 g/mol. The van der Waals surface area contributed by atoms with E-state index in [9.17, 15) is 4.79 Å². The van der Waals surface area contributed by atoms with Crippen molar-refractivity contribution < 1.29 is 14.3 Å². The Balaban J connectivity index is 0.00000364. The molecule has 3 N–H and O–H groups in total. The maximum Gasteiger partial charge on any atom is 0.231 e. The van der Waals surface area contributed by atoms with Gasteiger partial charge in [-0.15, -0.1) is 24.8 Å². The molecule has 8 heteroatoms. The summed E-state index contributed by atoms with van der Waals surface area (Å²) in [5, 5.41) is 2.96. The Morgan fingerprint density at radius 3 is 2.43 bits per heavy atom. The number of methoxy groups -OCH3 is 1. The van der Waals surface area contributed by atoms with Crippen LogP contribution in [-0.2, 0) is 11.4 Å². The molecule has 0 unspecified atom stereocenters. The minimum Gasteiger partial charge on any atom is -0.493 e.